The van der Waals surface area contributed by atoms with Gasteiger partial charge in [0, 0.05) is 17.5 Å². The molecule has 5 aromatic rings. The van der Waals surface area contributed by atoms with Crippen LogP contribution in [0.4, 0.5) is 10.2 Å². The maximum Gasteiger partial charge on any atom is 0.162 e. The number of anilines is 1. The fourth-order valence-corrected chi connectivity index (χ4v) is 3.47. The van der Waals surface area contributed by atoms with Crippen molar-refractivity contribution in [2.45, 2.75) is 6.54 Å². The minimum atomic E-state index is -0.317. The zero-order valence-corrected chi connectivity index (χ0v) is 16.1. The number of para-hydroxylation sites is 1. The molecule has 3 heterocycles. The molecule has 3 aromatic heterocycles. The highest BCUT2D eigenvalue weighted by Crippen LogP contribution is 2.31. The van der Waals surface area contributed by atoms with Crippen LogP contribution in [0.3, 0.4) is 0 Å². The molecule has 0 amide bonds. The van der Waals surface area contributed by atoms with E-state index in [2.05, 4.69) is 25.3 Å². The van der Waals surface area contributed by atoms with Gasteiger partial charge in [-0.2, -0.15) is 0 Å². The monoisotopic (exact) mass is 400 g/mol. The number of H-pyrrole nitrogens is 1. The number of hydrogen-bond acceptors (Lipinski definition) is 6. The quantitative estimate of drug-likeness (QED) is 0.457. The number of nitrogens with zero attached hydrogens (tertiary/aromatic N) is 4. The van der Waals surface area contributed by atoms with Crippen molar-refractivity contribution in [2.75, 3.05) is 12.4 Å². The number of benzene rings is 2. The lowest BCUT2D eigenvalue weighted by Gasteiger charge is -2.14. The van der Waals surface area contributed by atoms with Crippen LogP contribution in [-0.2, 0) is 6.54 Å². The minimum absolute atomic E-state index is 0.317. The third-order valence-corrected chi connectivity index (χ3v) is 4.87. The molecule has 0 aliphatic heterocycles. The van der Waals surface area contributed by atoms with Gasteiger partial charge >= 0.3 is 0 Å². The Labute approximate surface area is 171 Å². The average molecular weight is 400 g/mol. The van der Waals surface area contributed by atoms with E-state index in [1.54, 1.807) is 19.5 Å². The van der Waals surface area contributed by atoms with E-state index in [0.717, 1.165) is 16.5 Å². The molecule has 30 heavy (non-hydrogen) atoms. The van der Waals surface area contributed by atoms with Crippen LogP contribution in [0.2, 0.25) is 0 Å². The molecule has 148 valence electrons. The highest BCUT2D eigenvalue weighted by molar-refractivity contribution is 5.88. The van der Waals surface area contributed by atoms with Crippen LogP contribution >= 0.6 is 0 Å². The smallest absolute Gasteiger partial charge is 0.162 e. The SMILES string of the molecule is COc1cccc2cc(CNc3ncnc4[nH]cnc34)c(-c3cccc(F)c3)nc12. The molecule has 0 spiro atoms. The Balaban J connectivity index is 1.62. The minimum Gasteiger partial charge on any atom is -0.494 e. The summed E-state index contributed by atoms with van der Waals surface area (Å²) in [6.07, 6.45) is 3.05. The molecule has 0 bridgehead atoms. The van der Waals surface area contributed by atoms with E-state index in [-0.39, 0.29) is 5.82 Å². The third-order valence-electron chi connectivity index (χ3n) is 4.87. The largest absolute Gasteiger partial charge is 0.494 e. The van der Waals surface area contributed by atoms with Crippen LogP contribution in [0.1, 0.15) is 5.56 Å². The van der Waals surface area contributed by atoms with Crippen LogP contribution < -0.4 is 10.1 Å². The van der Waals surface area contributed by atoms with Crippen molar-refractivity contribution in [1.82, 2.24) is 24.9 Å². The first kappa shape index (κ1) is 18.0. The molecule has 0 saturated carbocycles. The number of nitrogens with one attached hydrogen (secondary N) is 2. The van der Waals surface area contributed by atoms with Gasteiger partial charge in [-0.25, -0.2) is 24.3 Å². The molecular weight excluding hydrogens is 383 g/mol. The highest BCUT2D eigenvalue weighted by Gasteiger charge is 2.14. The fraction of sp³-hybridized carbons (Fsp3) is 0.0909. The molecule has 2 N–H and O–H groups in total. The number of imidazole rings is 1. The molecule has 0 saturated heterocycles. The average Bonchev–Trinajstić information content (AvgIpc) is 3.26. The van der Waals surface area contributed by atoms with E-state index in [4.69, 9.17) is 9.72 Å². The molecule has 0 atom stereocenters. The molecule has 8 heteroatoms. The van der Waals surface area contributed by atoms with E-state index in [9.17, 15) is 4.39 Å². The molecule has 0 aliphatic carbocycles. The van der Waals surface area contributed by atoms with Crippen molar-refractivity contribution < 1.29 is 9.13 Å². The number of hydrogen-bond donors (Lipinski definition) is 2. The molecule has 0 radical (unpaired) electrons. The summed E-state index contributed by atoms with van der Waals surface area (Å²) in [7, 11) is 1.61. The topological polar surface area (TPSA) is 88.6 Å². The van der Waals surface area contributed by atoms with Gasteiger partial charge < -0.3 is 15.0 Å². The van der Waals surface area contributed by atoms with E-state index < -0.39 is 0 Å². The summed E-state index contributed by atoms with van der Waals surface area (Å²) in [4.78, 5) is 20.5. The van der Waals surface area contributed by atoms with E-state index >= 15 is 0 Å². The van der Waals surface area contributed by atoms with Crippen LogP contribution in [0.25, 0.3) is 33.3 Å². The number of fused-ring (bicyclic) bond motifs is 2. The second-order valence-corrected chi connectivity index (χ2v) is 6.71. The lowest BCUT2D eigenvalue weighted by Crippen LogP contribution is -2.06. The summed E-state index contributed by atoms with van der Waals surface area (Å²) in [6.45, 7) is 0.422. The number of rotatable bonds is 5. The van der Waals surface area contributed by atoms with E-state index in [1.807, 2.05) is 30.3 Å². The predicted molar refractivity (Wildman–Crippen MR) is 113 cm³/mol. The summed E-state index contributed by atoms with van der Waals surface area (Å²) in [6, 6.07) is 14.2. The Morgan fingerprint density at radius 2 is 1.93 bits per heavy atom. The van der Waals surface area contributed by atoms with E-state index in [1.165, 1.54) is 18.5 Å². The maximum absolute atomic E-state index is 13.9. The summed E-state index contributed by atoms with van der Waals surface area (Å²) >= 11 is 0. The van der Waals surface area contributed by atoms with Crippen molar-refractivity contribution in [3.8, 4) is 17.0 Å². The predicted octanol–water partition coefficient (Wildman–Crippen LogP) is 4.33. The van der Waals surface area contributed by atoms with Gasteiger partial charge in [-0.3, -0.25) is 0 Å². The molecule has 0 unspecified atom stereocenters. The van der Waals surface area contributed by atoms with Crippen LogP contribution in [0, 0.1) is 5.82 Å². The number of pyridine rings is 1. The number of methoxy groups -OCH3 is 1. The van der Waals surface area contributed by atoms with Gasteiger partial charge in [0.2, 0.25) is 0 Å². The van der Waals surface area contributed by atoms with Gasteiger partial charge in [0.05, 0.1) is 19.1 Å². The normalized spacial score (nSPS) is 11.1. The Kier molecular flexibility index (Phi) is 4.44. The first-order valence-electron chi connectivity index (χ1n) is 9.33. The van der Waals surface area contributed by atoms with Crippen molar-refractivity contribution in [3.05, 3.63) is 72.6 Å². The van der Waals surface area contributed by atoms with Gasteiger partial charge in [-0.15, -0.1) is 0 Å². The van der Waals surface area contributed by atoms with Crippen LogP contribution in [0.15, 0.2) is 61.2 Å². The fourth-order valence-electron chi connectivity index (χ4n) is 3.47. The first-order valence-corrected chi connectivity index (χ1v) is 9.33. The maximum atomic E-state index is 13.9. The second-order valence-electron chi connectivity index (χ2n) is 6.71. The van der Waals surface area contributed by atoms with Crippen LogP contribution in [0.5, 0.6) is 5.75 Å². The lowest BCUT2D eigenvalue weighted by molar-refractivity contribution is 0.419. The Morgan fingerprint density at radius 1 is 1.03 bits per heavy atom. The molecule has 7 nitrogen and oxygen atoms in total. The molecule has 5 rings (SSSR count). The van der Waals surface area contributed by atoms with Crippen molar-refractivity contribution in [2.24, 2.45) is 0 Å². The molecule has 0 aliphatic rings. The molecule has 2 aromatic carbocycles. The summed E-state index contributed by atoms with van der Waals surface area (Å²) in [5.41, 5.74) is 4.28. The lowest BCUT2D eigenvalue weighted by atomic mass is 10.0. The number of ether oxygens (including phenoxy) is 1. The standard InChI is InChI=1S/C22H17FN6O/c1-30-17-7-3-5-13-8-15(10-24-21-20-22(26-11-25-20)28-12-27-21)18(29-19(13)17)14-4-2-6-16(23)9-14/h2-9,11-12H,10H2,1H3,(H2,24,25,26,27,28). The first-order chi connectivity index (χ1) is 14.7. The van der Waals surface area contributed by atoms with Gasteiger partial charge in [-0.05, 0) is 29.8 Å². The summed E-state index contributed by atoms with van der Waals surface area (Å²) in [5, 5.41) is 4.24. The van der Waals surface area contributed by atoms with Gasteiger partial charge in [0.1, 0.15) is 28.9 Å². The Hall–Kier alpha value is -4.07. The zero-order chi connectivity index (χ0) is 20.5. The number of halogens is 1. The van der Waals surface area contributed by atoms with Gasteiger partial charge in [-0.1, -0.05) is 24.3 Å². The number of aromatic nitrogens is 5. The summed E-state index contributed by atoms with van der Waals surface area (Å²) < 4.78 is 19.4. The van der Waals surface area contributed by atoms with Crippen LogP contribution in [-0.4, -0.2) is 32.0 Å². The third kappa shape index (κ3) is 3.18. The Morgan fingerprint density at radius 3 is 2.80 bits per heavy atom. The second kappa shape index (κ2) is 7.40. The van der Waals surface area contributed by atoms with Crippen molar-refractivity contribution in [1.29, 1.82) is 0 Å². The summed E-state index contributed by atoms with van der Waals surface area (Å²) in [5.74, 6) is 0.957. The molecular formula is C22H17FN6O. The van der Waals surface area contributed by atoms with Gasteiger partial charge in [0.15, 0.2) is 11.5 Å². The molecule has 0 fully saturated rings. The van der Waals surface area contributed by atoms with Crippen molar-refractivity contribution >= 4 is 27.9 Å². The van der Waals surface area contributed by atoms with Crippen molar-refractivity contribution in [3.63, 3.8) is 0 Å². The van der Waals surface area contributed by atoms with Gasteiger partial charge in [0.25, 0.3) is 0 Å². The highest BCUT2D eigenvalue weighted by atomic mass is 19.1. The Bertz CT molecular complexity index is 1370. The zero-order valence-electron chi connectivity index (χ0n) is 16.1. The van der Waals surface area contributed by atoms with E-state index in [0.29, 0.717) is 40.5 Å². The number of aromatic amines is 1.